The average Bonchev–Trinajstić information content (AvgIpc) is 2.48. The Bertz CT molecular complexity index is 469. The fraction of sp³-hybridized carbons (Fsp3) is 0.533. The molecule has 0 radical (unpaired) electrons. The first-order valence-corrected chi connectivity index (χ1v) is 7.19. The van der Waals surface area contributed by atoms with Gasteiger partial charge in [-0.05, 0) is 50.4 Å². The van der Waals surface area contributed by atoms with Crippen LogP contribution in [0.5, 0.6) is 5.75 Å². The molecular formula is C15H21ClF2N2O2. The molecule has 0 saturated carbocycles. The van der Waals surface area contributed by atoms with Crippen molar-refractivity contribution in [2.45, 2.75) is 25.9 Å². The van der Waals surface area contributed by atoms with Crippen molar-refractivity contribution in [3.8, 4) is 5.75 Å². The van der Waals surface area contributed by atoms with E-state index in [2.05, 4.69) is 15.4 Å². The minimum Gasteiger partial charge on any atom is -0.434 e. The Morgan fingerprint density at radius 1 is 1.41 bits per heavy atom. The van der Waals surface area contributed by atoms with Gasteiger partial charge in [0.2, 0.25) is 0 Å². The molecule has 22 heavy (non-hydrogen) atoms. The lowest BCUT2D eigenvalue weighted by molar-refractivity contribution is -0.0501. The fourth-order valence-corrected chi connectivity index (χ4v) is 2.51. The Morgan fingerprint density at radius 3 is 2.86 bits per heavy atom. The van der Waals surface area contributed by atoms with Crippen molar-refractivity contribution < 1.29 is 18.3 Å². The molecule has 1 aromatic rings. The number of alkyl halides is 2. The van der Waals surface area contributed by atoms with Gasteiger partial charge in [-0.25, -0.2) is 0 Å². The minimum absolute atomic E-state index is 0. The lowest BCUT2D eigenvalue weighted by Gasteiger charge is -2.22. The van der Waals surface area contributed by atoms with E-state index in [9.17, 15) is 13.6 Å². The van der Waals surface area contributed by atoms with Crippen LogP contribution in [-0.2, 0) is 0 Å². The molecule has 1 aliphatic rings. The van der Waals surface area contributed by atoms with E-state index in [-0.39, 0.29) is 29.6 Å². The number of amides is 1. The van der Waals surface area contributed by atoms with Crippen LogP contribution in [-0.4, -0.2) is 32.2 Å². The third-order valence-corrected chi connectivity index (χ3v) is 3.58. The molecular weight excluding hydrogens is 314 g/mol. The standard InChI is InChI=1S/C15H20F2N2O2.ClH/c16-15(17)21-13-6-2-1-5-12(13)14(20)19-9-7-11-4-3-8-18-10-11;/h1-2,5-6,11,15,18H,3-4,7-10H2,(H,19,20);1H. The van der Waals surface area contributed by atoms with Gasteiger partial charge in [-0.1, -0.05) is 12.1 Å². The molecule has 0 spiro atoms. The van der Waals surface area contributed by atoms with Crippen molar-refractivity contribution in [3.05, 3.63) is 29.8 Å². The van der Waals surface area contributed by atoms with E-state index in [0.29, 0.717) is 12.5 Å². The molecule has 124 valence electrons. The first kappa shape index (κ1) is 18.6. The Labute approximate surface area is 135 Å². The predicted molar refractivity (Wildman–Crippen MR) is 82.9 cm³/mol. The van der Waals surface area contributed by atoms with Gasteiger partial charge in [0.05, 0.1) is 5.56 Å². The molecule has 0 aliphatic carbocycles. The Hall–Kier alpha value is -1.40. The molecule has 1 heterocycles. The van der Waals surface area contributed by atoms with Crippen LogP contribution < -0.4 is 15.4 Å². The van der Waals surface area contributed by atoms with Crippen molar-refractivity contribution in [1.29, 1.82) is 0 Å². The predicted octanol–water partition coefficient (Wildman–Crippen LogP) is 2.83. The zero-order valence-corrected chi connectivity index (χ0v) is 13.0. The van der Waals surface area contributed by atoms with E-state index in [1.807, 2.05) is 0 Å². The highest BCUT2D eigenvalue weighted by molar-refractivity contribution is 5.96. The second kappa shape index (κ2) is 9.58. The van der Waals surface area contributed by atoms with Crippen molar-refractivity contribution in [2.24, 2.45) is 5.92 Å². The van der Waals surface area contributed by atoms with Crippen LogP contribution in [0, 0.1) is 5.92 Å². The highest BCUT2D eigenvalue weighted by Gasteiger charge is 2.16. The maximum absolute atomic E-state index is 12.3. The monoisotopic (exact) mass is 334 g/mol. The van der Waals surface area contributed by atoms with Crippen molar-refractivity contribution >= 4 is 18.3 Å². The maximum atomic E-state index is 12.3. The van der Waals surface area contributed by atoms with Crippen LogP contribution in [0.4, 0.5) is 8.78 Å². The minimum atomic E-state index is -2.94. The summed E-state index contributed by atoms with van der Waals surface area (Å²) < 4.78 is 29.0. The SMILES string of the molecule is Cl.O=C(NCCC1CCCNC1)c1ccccc1OC(F)F. The molecule has 1 atom stereocenters. The van der Waals surface area contributed by atoms with Gasteiger partial charge >= 0.3 is 6.61 Å². The third kappa shape index (κ3) is 5.77. The van der Waals surface area contributed by atoms with E-state index in [1.165, 1.54) is 12.1 Å². The summed E-state index contributed by atoms with van der Waals surface area (Å²) in [6, 6.07) is 6.03. The number of carbonyl (C=O) groups is 1. The summed E-state index contributed by atoms with van der Waals surface area (Å²) >= 11 is 0. The number of para-hydroxylation sites is 1. The summed E-state index contributed by atoms with van der Waals surface area (Å²) in [5.74, 6) is 0.0889. The largest absolute Gasteiger partial charge is 0.434 e. The first-order valence-electron chi connectivity index (χ1n) is 7.19. The quantitative estimate of drug-likeness (QED) is 0.841. The van der Waals surface area contributed by atoms with Gasteiger partial charge < -0.3 is 15.4 Å². The number of nitrogens with one attached hydrogen (secondary N) is 2. The van der Waals surface area contributed by atoms with E-state index in [1.54, 1.807) is 12.1 Å². The molecule has 4 nitrogen and oxygen atoms in total. The number of piperidine rings is 1. The number of benzene rings is 1. The smallest absolute Gasteiger partial charge is 0.387 e. The molecule has 1 amide bonds. The van der Waals surface area contributed by atoms with Gasteiger partial charge in [0.15, 0.2) is 0 Å². The average molecular weight is 335 g/mol. The second-order valence-corrected chi connectivity index (χ2v) is 5.13. The summed E-state index contributed by atoms with van der Waals surface area (Å²) in [6.45, 7) is -0.372. The molecule has 2 rings (SSSR count). The van der Waals surface area contributed by atoms with Gasteiger partial charge in [0.25, 0.3) is 5.91 Å². The number of rotatable bonds is 6. The topological polar surface area (TPSA) is 50.4 Å². The third-order valence-electron chi connectivity index (χ3n) is 3.58. The highest BCUT2D eigenvalue weighted by Crippen LogP contribution is 2.20. The van der Waals surface area contributed by atoms with Gasteiger partial charge in [-0.2, -0.15) is 8.78 Å². The van der Waals surface area contributed by atoms with Gasteiger partial charge in [0, 0.05) is 6.54 Å². The number of ether oxygens (including phenoxy) is 1. The number of hydrogen-bond donors (Lipinski definition) is 2. The summed E-state index contributed by atoms with van der Waals surface area (Å²) in [7, 11) is 0. The molecule has 1 saturated heterocycles. The molecule has 0 bridgehead atoms. The summed E-state index contributed by atoms with van der Waals surface area (Å²) in [5.41, 5.74) is 0.138. The van der Waals surface area contributed by atoms with Crippen molar-refractivity contribution in [2.75, 3.05) is 19.6 Å². The van der Waals surface area contributed by atoms with Gasteiger partial charge in [-0.3, -0.25) is 4.79 Å². The van der Waals surface area contributed by atoms with E-state index >= 15 is 0 Å². The lowest BCUT2D eigenvalue weighted by atomic mass is 9.96. The summed E-state index contributed by atoms with van der Waals surface area (Å²) in [5, 5.41) is 6.09. The fourth-order valence-electron chi connectivity index (χ4n) is 2.51. The number of halogens is 3. The summed E-state index contributed by atoms with van der Waals surface area (Å²) in [4.78, 5) is 12.0. The normalized spacial score (nSPS) is 17.7. The van der Waals surface area contributed by atoms with Crippen LogP contribution in [0.25, 0.3) is 0 Å². The number of hydrogen-bond acceptors (Lipinski definition) is 3. The van der Waals surface area contributed by atoms with Crippen LogP contribution >= 0.6 is 12.4 Å². The second-order valence-electron chi connectivity index (χ2n) is 5.13. The van der Waals surface area contributed by atoms with Crippen LogP contribution in [0.3, 0.4) is 0 Å². The maximum Gasteiger partial charge on any atom is 0.387 e. The Morgan fingerprint density at radius 2 is 2.18 bits per heavy atom. The van der Waals surface area contributed by atoms with E-state index < -0.39 is 6.61 Å². The zero-order valence-electron chi connectivity index (χ0n) is 12.2. The van der Waals surface area contributed by atoms with Crippen LogP contribution in [0.15, 0.2) is 24.3 Å². The molecule has 2 N–H and O–H groups in total. The molecule has 1 unspecified atom stereocenters. The number of carbonyl (C=O) groups excluding carboxylic acids is 1. The zero-order chi connectivity index (χ0) is 15.1. The van der Waals surface area contributed by atoms with E-state index in [4.69, 9.17) is 0 Å². The van der Waals surface area contributed by atoms with Crippen molar-refractivity contribution in [3.63, 3.8) is 0 Å². The van der Waals surface area contributed by atoms with Crippen LogP contribution in [0.1, 0.15) is 29.6 Å². The lowest BCUT2D eigenvalue weighted by Crippen LogP contribution is -2.33. The molecule has 7 heteroatoms. The van der Waals surface area contributed by atoms with Crippen LogP contribution in [0.2, 0.25) is 0 Å². The van der Waals surface area contributed by atoms with E-state index in [0.717, 1.165) is 32.4 Å². The van der Waals surface area contributed by atoms with Gasteiger partial charge in [-0.15, -0.1) is 12.4 Å². The van der Waals surface area contributed by atoms with Crippen molar-refractivity contribution in [1.82, 2.24) is 10.6 Å². The molecule has 1 aliphatic heterocycles. The van der Waals surface area contributed by atoms with Gasteiger partial charge in [0.1, 0.15) is 5.75 Å². The summed E-state index contributed by atoms with van der Waals surface area (Å²) in [6.07, 6.45) is 3.20. The first-order chi connectivity index (χ1) is 10.2. The highest BCUT2D eigenvalue weighted by atomic mass is 35.5. The molecule has 1 aromatic carbocycles. The Kier molecular flexibility index (Phi) is 8.12. The molecule has 1 fully saturated rings. The Balaban J connectivity index is 0.00000242. The molecule has 0 aromatic heterocycles.